The lowest BCUT2D eigenvalue weighted by molar-refractivity contribution is 0.607. The summed E-state index contributed by atoms with van der Waals surface area (Å²) in [5.41, 5.74) is 0.200. The normalized spacial score (nSPS) is 13.1. The maximum Gasteiger partial charge on any atom is 0.332 e. The predicted octanol–water partition coefficient (Wildman–Crippen LogP) is 1.22. The van der Waals surface area contributed by atoms with Crippen LogP contribution >= 0.6 is 0 Å². The molecule has 0 saturated carbocycles. The van der Waals surface area contributed by atoms with E-state index in [0.29, 0.717) is 17.1 Å². The standard InChI is InChI=1S/C14H23N5O2/c1-7-9(4)15-13-16-11-10(19(13)8(2)3)12(20)18(6)14(21)17(11)5/h8-9H,7H2,1-6H3,(H,15,16)/t9-/m0/s1. The molecule has 1 atom stereocenters. The van der Waals surface area contributed by atoms with Crippen LogP contribution in [-0.2, 0) is 14.1 Å². The van der Waals surface area contributed by atoms with E-state index in [1.165, 1.54) is 11.6 Å². The molecule has 0 aliphatic carbocycles. The smallest absolute Gasteiger partial charge is 0.332 e. The topological polar surface area (TPSA) is 73.8 Å². The summed E-state index contributed by atoms with van der Waals surface area (Å²) in [4.78, 5) is 29.0. The molecule has 0 unspecified atom stereocenters. The van der Waals surface area contributed by atoms with Gasteiger partial charge >= 0.3 is 5.69 Å². The molecule has 7 heteroatoms. The van der Waals surface area contributed by atoms with Crippen molar-refractivity contribution < 1.29 is 0 Å². The highest BCUT2D eigenvalue weighted by molar-refractivity contribution is 5.74. The molecule has 2 aromatic heterocycles. The number of hydrogen-bond donors (Lipinski definition) is 1. The molecule has 0 spiro atoms. The molecule has 0 fully saturated rings. The van der Waals surface area contributed by atoms with Crippen LogP contribution in [0.15, 0.2) is 9.59 Å². The van der Waals surface area contributed by atoms with E-state index in [-0.39, 0.29) is 23.3 Å². The second-order valence-electron chi connectivity index (χ2n) is 5.73. The van der Waals surface area contributed by atoms with Gasteiger partial charge in [-0.3, -0.25) is 13.9 Å². The molecule has 0 saturated heterocycles. The fourth-order valence-electron chi connectivity index (χ4n) is 2.34. The summed E-state index contributed by atoms with van der Waals surface area (Å²) in [6.45, 7) is 8.12. The molecule has 21 heavy (non-hydrogen) atoms. The third kappa shape index (κ3) is 2.36. The second-order valence-corrected chi connectivity index (χ2v) is 5.73. The molecule has 0 aliphatic rings. The number of nitrogens with one attached hydrogen (secondary N) is 1. The predicted molar refractivity (Wildman–Crippen MR) is 84.0 cm³/mol. The van der Waals surface area contributed by atoms with E-state index in [4.69, 9.17) is 0 Å². The Kier molecular flexibility index (Phi) is 3.93. The lowest BCUT2D eigenvalue weighted by Crippen LogP contribution is -2.37. The van der Waals surface area contributed by atoms with Gasteiger partial charge in [0, 0.05) is 26.2 Å². The molecule has 2 heterocycles. The fourth-order valence-corrected chi connectivity index (χ4v) is 2.34. The molecular weight excluding hydrogens is 270 g/mol. The molecule has 2 rings (SSSR count). The van der Waals surface area contributed by atoms with Crippen LogP contribution in [0.5, 0.6) is 0 Å². The monoisotopic (exact) mass is 293 g/mol. The minimum absolute atomic E-state index is 0.0618. The molecule has 0 aliphatic heterocycles. The van der Waals surface area contributed by atoms with Gasteiger partial charge in [0.2, 0.25) is 5.95 Å². The summed E-state index contributed by atoms with van der Waals surface area (Å²) in [5, 5.41) is 3.31. The summed E-state index contributed by atoms with van der Waals surface area (Å²) in [5.74, 6) is 0.632. The lowest BCUT2D eigenvalue weighted by Gasteiger charge is -2.17. The lowest BCUT2D eigenvalue weighted by atomic mass is 10.3. The Bertz CT molecular complexity index is 781. The van der Waals surface area contributed by atoms with Gasteiger partial charge < -0.3 is 9.88 Å². The Morgan fingerprint density at radius 1 is 1.14 bits per heavy atom. The van der Waals surface area contributed by atoms with E-state index < -0.39 is 0 Å². The number of rotatable bonds is 4. The molecule has 2 aromatic rings. The molecule has 0 amide bonds. The molecule has 116 valence electrons. The third-order valence-electron chi connectivity index (χ3n) is 3.80. The van der Waals surface area contributed by atoms with E-state index in [0.717, 1.165) is 11.0 Å². The van der Waals surface area contributed by atoms with Gasteiger partial charge in [-0.25, -0.2) is 4.79 Å². The SMILES string of the molecule is CC[C@H](C)Nc1nc2c(c(=O)n(C)c(=O)n2C)n1C(C)C. The number of anilines is 1. The second kappa shape index (κ2) is 5.38. The van der Waals surface area contributed by atoms with Crippen molar-refractivity contribution in [3.8, 4) is 0 Å². The van der Waals surface area contributed by atoms with E-state index in [1.54, 1.807) is 7.05 Å². The van der Waals surface area contributed by atoms with Gasteiger partial charge in [0.05, 0.1) is 0 Å². The first-order valence-corrected chi connectivity index (χ1v) is 7.24. The molecule has 0 bridgehead atoms. The molecule has 7 nitrogen and oxygen atoms in total. The zero-order valence-corrected chi connectivity index (χ0v) is 13.5. The van der Waals surface area contributed by atoms with Crippen molar-refractivity contribution in [2.24, 2.45) is 14.1 Å². The van der Waals surface area contributed by atoms with Gasteiger partial charge in [-0.1, -0.05) is 6.92 Å². The quantitative estimate of drug-likeness (QED) is 0.920. The van der Waals surface area contributed by atoms with Crippen LogP contribution in [0.25, 0.3) is 11.2 Å². The van der Waals surface area contributed by atoms with Crippen molar-refractivity contribution in [1.82, 2.24) is 18.7 Å². The van der Waals surface area contributed by atoms with Gasteiger partial charge in [0.1, 0.15) is 0 Å². The van der Waals surface area contributed by atoms with Crippen LogP contribution < -0.4 is 16.6 Å². The van der Waals surface area contributed by atoms with E-state index in [9.17, 15) is 9.59 Å². The maximum atomic E-state index is 12.5. The minimum atomic E-state index is -0.365. The van der Waals surface area contributed by atoms with E-state index >= 15 is 0 Å². The van der Waals surface area contributed by atoms with Crippen molar-refractivity contribution in [2.45, 2.75) is 46.2 Å². The molecule has 0 aromatic carbocycles. The van der Waals surface area contributed by atoms with Gasteiger partial charge in [-0.2, -0.15) is 4.98 Å². The van der Waals surface area contributed by atoms with Gasteiger partial charge in [-0.05, 0) is 27.2 Å². The van der Waals surface area contributed by atoms with Crippen molar-refractivity contribution in [1.29, 1.82) is 0 Å². The highest BCUT2D eigenvalue weighted by Crippen LogP contribution is 2.21. The average Bonchev–Trinajstić information content (AvgIpc) is 2.82. The van der Waals surface area contributed by atoms with Crippen LogP contribution in [0.2, 0.25) is 0 Å². The molecular formula is C14H23N5O2. The highest BCUT2D eigenvalue weighted by atomic mass is 16.2. The maximum absolute atomic E-state index is 12.5. The highest BCUT2D eigenvalue weighted by Gasteiger charge is 2.21. The van der Waals surface area contributed by atoms with E-state index in [1.807, 2.05) is 18.4 Å². The van der Waals surface area contributed by atoms with Crippen molar-refractivity contribution >= 4 is 17.1 Å². The first-order valence-electron chi connectivity index (χ1n) is 7.24. The number of imidazole rings is 1. The largest absolute Gasteiger partial charge is 0.353 e. The molecule has 0 radical (unpaired) electrons. The van der Waals surface area contributed by atoms with Crippen LogP contribution in [0.1, 0.15) is 40.2 Å². The molecule has 1 N–H and O–H groups in total. The zero-order valence-electron chi connectivity index (χ0n) is 13.5. The van der Waals surface area contributed by atoms with Gasteiger partial charge in [0.25, 0.3) is 5.56 Å². The number of nitrogens with zero attached hydrogens (tertiary/aromatic N) is 4. The van der Waals surface area contributed by atoms with Crippen molar-refractivity contribution in [2.75, 3.05) is 5.32 Å². The first-order chi connectivity index (χ1) is 9.79. The Balaban J connectivity index is 2.87. The fraction of sp³-hybridized carbons (Fsp3) is 0.643. The summed E-state index contributed by atoms with van der Waals surface area (Å²) in [7, 11) is 3.12. The number of aromatic nitrogens is 4. The summed E-state index contributed by atoms with van der Waals surface area (Å²) in [6, 6.07) is 0.298. The number of aryl methyl sites for hydroxylation is 1. The number of hydrogen-bond acceptors (Lipinski definition) is 4. The van der Waals surface area contributed by atoms with E-state index in [2.05, 4.69) is 24.1 Å². The summed E-state index contributed by atoms with van der Waals surface area (Å²) < 4.78 is 4.40. The average molecular weight is 293 g/mol. The number of fused-ring (bicyclic) bond motifs is 1. The van der Waals surface area contributed by atoms with Crippen LogP contribution in [0.4, 0.5) is 5.95 Å². The van der Waals surface area contributed by atoms with Gasteiger partial charge in [0.15, 0.2) is 11.2 Å². The third-order valence-corrected chi connectivity index (χ3v) is 3.80. The van der Waals surface area contributed by atoms with Crippen LogP contribution in [0.3, 0.4) is 0 Å². The summed E-state index contributed by atoms with van der Waals surface area (Å²) >= 11 is 0. The van der Waals surface area contributed by atoms with Crippen molar-refractivity contribution in [3.63, 3.8) is 0 Å². The summed E-state index contributed by atoms with van der Waals surface area (Å²) in [6.07, 6.45) is 0.943. The Morgan fingerprint density at radius 2 is 1.76 bits per heavy atom. The Hall–Kier alpha value is -2.05. The zero-order chi connectivity index (χ0) is 15.9. The minimum Gasteiger partial charge on any atom is -0.353 e. The van der Waals surface area contributed by atoms with Crippen LogP contribution in [0, 0.1) is 0 Å². The van der Waals surface area contributed by atoms with Crippen molar-refractivity contribution in [3.05, 3.63) is 20.8 Å². The van der Waals surface area contributed by atoms with Crippen LogP contribution in [-0.4, -0.2) is 24.7 Å². The first kappa shape index (κ1) is 15.3. The van der Waals surface area contributed by atoms with Gasteiger partial charge in [-0.15, -0.1) is 0 Å². The Labute approximate surface area is 123 Å². The Morgan fingerprint density at radius 3 is 2.29 bits per heavy atom.